The number of fused-ring (bicyclic) bond motifs is 3. The van der Waals surface area contributed by atoms with Gasteiger partial charge in [-0.05, 0) is 42.4 Å². The first-order valence-electron chi connectivity index (χ1n) is 10.2. The van der Waals surface area contributed by atoms with Crippen LogP contribution in [0.25, 0.3) is 0 Å². The van der Waals surface area contributed by atoms with E-state index in [9.17, 15) is 14.0 Å². The fourth-order valence-corrected chi connectivity index (χ4v) is 4.31. The predicted octanol–water partition coefficient (Wildman–Crippen LogP) is 2.65. The van der Waals surface area contributed by atoms with Crippen LogP contribution in [-0.4, -0.2) is 39.7 Å². The smallest absolute Gasteiger partial charge is 0.275 e. The number of pyridine rings is 1. The van der Waals surface area contributed by atoms with Gasteiger partial charge in [-0.1, -0.05) is 35.9 Å². The molecule has 0 bridgehead atoms. The van der Waals surface area contributed by atoms with E-state index in [0.717, 1.165) is 23.1 Å². The van der Waals surface area contributed by atoms with Gasteiger partial charge in [-0.15, -0.1) is 0 Å². The molecule has 1 fully saturated rings. The van der Waals surface area contributed by atoms with Crippen molar-refractivity contribution in [3.05, 3.63) is 77.0 Å². The topological polar surface area (TPSA) is 80.1 Å². The number of hydrogen-bond acceptors (Lipinski definition) is 4. The van der Waals surface area contributed by atoms with E-state index in [1.165, 1.54) is 15.8 Å². The zero-order valence-corrected chi connectivity index (χ0v) is 17.2. The molecule has 1 aliphatic carbocycles. The van der Waals surface area contributed by atoms with Gasteiger partial charge in [0, 0.05) is 13.2 Å². The summed E-state index contributed by atoms with van der Waals surface area (Å²) in [6.07, 6.45) is 3.64. The number of carbonyl (C=O) groups excluding carboxylic acids is 2. The number of aromatic nitrogens is 3. The van der Waals surface area contributed by atoms with Crippen molar-refractivity contribution < 1.29 is 14.0 Å². The minimum atomic E-state index is -0.738. The molecule has 1 saturated carbocycles. The van der Waals surface area contributed by atoms with E-state index in [2.05, 4.69) is 15.4 Å². The van der Waals surface area contributed by atoms with Crippen LogP contribution in [0.2, 0.25) is 0 Å². The fourth-order valence-electron chi connectivity index (χ4n) is 4.31. The molecule has 0 radical (unpaired) electrons. The Morgan fingerprint density at radius 2 is 2.03 bits per heavy atom. The van der Waals surface area contributed by atoms with Crippen LogP contribution >= 0.6 is 0 Å². The number of nitrogens with zero attached hydrogens (tertiary/aromatic N) is 4. The molecule has 1 aromatic carbocycles. The van der Waals surface area contributed by atoms with Crippen molar-refractivity contribution in [2.75, 3.05) is 11.9 Å². The number of amides is 2. The van der Waals surface area contributed by atoms with Crippen LogP contribution in [0.4, 0.5) is 10.2 Å². The highest BCUT2D eigenvalue weighted by molar-refractivity contribution is 6.02. The van der Waals surface area contributed by atoms with Crippen molar-refractivity contribution in [1.29, 1.82) is 0 Å². The van der Waals surface area contributed by atoms with Crippen LogP contribution in [0.3, 0.4) is 0 Å². The van der Waals surface area contributed by atoms with Crippen LogP contribution in [-0.2, 0) is 11.3 Å². The molecular weight excluding hydrogens is 397 g/mol. The van der Waals surface area contributed by atoms with E-state index >= 15 is 0 Å². The normalized spacial score (nSPS) is 21.8. The van der Waals surface area contributed by atoms with E-state index in [1.807, 2.05) is 43.3 Å². The van der Waals surface area contributed by atoms with Crippen LogP contribution in [0.5, 0.6) is 0 Å². The van der Waals surface area contributed by atoms with Gasteiger partial charge in [0.15, 0.2) is 11.5 Å². The van der Waals surface area contributed by atoms with Crippen molar-refractivity contribution in [1.82, 2.24) is 20.1 Å². The lowest BCUT2D eigenvalue weighted by Crippen LogP contribution is -2.48. The molecule has 0 spiro atoms. The van der Waals surface area contributed by atoms with Gasteiger partial charge in [0.05, 0.1) is 12.7 Å². The Morgan fingerprint density at radius 3 is 2.81 bits per heavy atom. The van der Waals surface area contributed by atoms with Crippen molar-refractivity contribution >= 4 is 17.6 Å². The largest absolute Gasteiger partial charge is 0.338 e. The van der Waals surface area contributed by atoms with Gasteiger partial charge in [0.1, 0.15) is 11.9 Å². The Labute approximate surface area is 178 Å². The third kappa shape index (κ3) is 3.48. The zero-order chi connectivity index (χ0) is 21.7. The van der Waals surface area contributed by atoms with Crippen LogP contribution in [0.15, 0.2) is 48.8 Å². The maximum absolute atomic E-state index is 14.5. The second-order valence-electron chi connectivity index (χ2n) is 8.28. The average Bonchev–Trinajstić information content (AvgIpc) is 3.48. The Balaban J connectivity index is 1.34. The van der Waals surface area contributed by atoms with E-state index in [0.29, 0.717) is 12.4 Å². The average molecular weight is 419 g/mol. The molecule has 3 aromatic rings. The summed E-state index contributed by atoms with van der Waals surface area (Å²) in [6, 6.07) is 10.9. The van der Waals surface area contributed by atoms with E-state index in [1.54, 1.807) is 13.2 Å². The number of hydrogen-bond donors (Lipinski definition) is 1. The molecule has 0 unspecified atom stereocenters. The fraction of sp³-hybridized carbons (Fsp3) is 0.304. The number of anilines is 1. The SMILES string of the molecule is Cc1ccc(Cn2cc(F)c(C(=O)N[C@@H]3C(=O)N(C)c4ncccc4[C@@H]4C[C@H]34)n2)cc1. The van der Waals surface area contributed by atoms with E-state index in [4.69, 9.17) is 0 Å². The van der Waals surface area contributed by atoms with E-state index in [-0.39, 0.29) is 23.4 Å². The van der Waals surface area contributed by atoms with Gasteiger partial charge in [0.2, 0.25) is 0 Å². The maximum atomic E-state index is 14.5. The first-order chi connectivity index (χ1) is 14.9. The summed E-state index contributed by atoms with van der Waals surface area (Å²) in [5, 5.41) is 6.86. The third-order valence-electron chi connectivity index (χ3n) is 6.08. The monoisotopic (exact) mass is 419 g/mol. The molecule has 1 aliphatic heterocycles. The van der Waals surface area contributed by atoms with Gasteiger partial charge in [0.25, 0.3) is 11.8 Å². The summed E-state index contributed by atoms with van der Waals surface area (Å²) in [4.78, 5) is 31.7. The second-order valence-corrected chi connectivity index (χ2v) is 8.28. The number of rotatable bonds is 4. The number of benzene rings is 1. The molecule has 2 aliphatic rings. The Kier molecular flexibility index (Phi) is 4.57. The number of carbonyl (C=O) groups is 2. The van der Waals surface area contributed by atoms with Crippen molar-refractivity contribution in [3.63, 3.8) is 0 Å². The summed E-state index contributed by atoms with van der Waals surface area (Å²) in [7, 11) is 1.65. The zero-order valence-electron chi connectivity index (χ0n) is 17.2. The first kappa shape index (κ1) is 19.4. The van der Waals surface area contributed by atoms with Gasteiger partial charge in [-0.25, -0.2) is 9.37 Å². The summed E-state index contributed by atoms with van der Waals surface area (Å²) in [5.41, 5.74) is 2.78. The molecule has 3 heterocycles. The molecule has 0 saturated heterocycles. The molecule has 158 valence electrons. The highest BCUT2D eigenvalue weighted by Crippen LogP contribution is 2.53. The van der Waals surface area contributed by atoms with Crippen molar-refractivity contribution in [2.45, 2.75) is 31.8 Å². The molecule has 5 rings (SSSR count). The van der Waals surface area contributed by atoms with Crippen LogP contribution in [0.1, 0.15) is 39.5 Å². The molecule has 2 aromatic heterocycles. The highest BCUT2D eigenvalue weighted by atomic mass is 19.1. The minimum Gasteiger partial charge on any atom is -0.338 e. The third-order valence-corrected chi connectivity index (χ3v) is 6.08. The summed E-state index contributed by atoms with van der Waals surface area (Å²) in [6.45, 7) is 2.34. The Hall–Kier alpha value is -3.55. The molecule has 1 N–H and O–H groups in total. The Morgan fingerprint density at radius 1 is 1.26 bits per heavy atom. The van der Waals surface area contributed by atoms with Gasteiger partial charge >= 0.3 is 0 Å². The Bertz CT molecular complexity index is 1170. The molecule has 3 atom stereocenters. The number of nitrogens with one attached hydrogen (secondary N) is 1. The van der Waals surface area contributed by atoms with Crippen molar-refractivity contribution in [2.24, 2.45) is 5.92 Å². The standard InChI is InChI=1S/C23H22FN5O2/c1-13-5-7-14(8-6-13)11-29-12-18(24)20(27-29)22(30)26-19-17-10-16(17)15-4-3-9-25-21(15)28(2)23(19)31/h3-9,12,16-17,19H,10-11H2,1-2H3,(H,26,30)/t16-,17-,19-/m0/s1. The van der Waals surface area contributed by atoms with Crippen LogP contribution < -0.4 is 10.2 Å². The lowest BCUT2D eigenvalue weighted by Gasteiger charge is -2.22. The lowest BCUT2D eigenvalue weighted by atomic mass is 10.1. The van der Waals surface area contributed by atoms with Gasteiger partial charge in [-0.2, -0.15) is 5.10 Å². The maximum Gasteiger partial charge on any atom is 0.275 e. The summed E-state index contributed by atoms with van der Waals surface area (Å²) < 4.78 is 15.9. The van der Waals surface area contributed by atoms with Crippen LogP contribution in [0, 0.1) is 18.7 Å². The molecule has 31 heavy (non-hydrogen) atoms. The number of likely N-dealkylation sites (N-methyl/N-ethyl adjacent to an activating group) is 1. The molecule has 7 nitrogen and oxygen atoms in total. The summed E-state index contributed by atoms with van der Waals surface area (Å²) >= 11 is 0. The highest BCUT2D eigenvalue weighted by Gasteiger charge is 2.52. The van der Waals surface area contributed by atoms with Gasteiger partial charge in [-0.3, -0.25) is 19.2 Å². The molecular formula is C23H22FN5O2. The quantitative estimate of drug-likeness (QED) is 0.705. The lowest BCUT2D eigenvalue weighted by molar-refractivity contribution is -0.120. The van der Waals surface area contributed by atoms with Crippen molar-refractivity contribution in [3.8, 4) is 0 Å². The number of halogens is 1. The first-order valence-corrected chi connectivity index (χ1v) is 10.2. The molecule has 2 amide bonds. The van der Waals surface area contributed by atoms with E-state index < -0.39 is 17.8 Å². The predicted molar refractivity (Wildman–Crippen MR) is 112 cm³/mol. The summed E-state index contributed by atoms with van der Waals surface area (Å²) in [5.74, 6) is -0.898. The van der Waals surface area contributed by atoms with Gasteiger partial charge < -0.3 is 5.32 Å². The minimum absolute atomic E-state index is 0.0259. The molecule has 8 heteroatoms. The number of aryl methyl sites for hydroxylation is 1. The second kappa shape index (κ2) is 7.30.